The van der Waals surface area contributed by atoms with Crippen molar-refractivity contribution >= 4 is 39.1 Å². The van der Waals surface area contributed by atoms with Crippen molar-refractivity contribution in [3.8, 4) is 0 Å². The quantitative estimate of drug-likeness (QED) is 0.898. The zero-order valence-electron chi connectivity index (χ0n) is 9.18. The van der Waals surface area contributed by atoms with Crippen LogP contribution in [0.3, 0.4) is 0 Å². The van der Waals surface area contributed by atoms with Crippen molar-refractivity contribution in [1.29, 1.82) is 0 Å². The highest BCUT2D eigenvalue weighted by atomic mass is 79.9. The number of nitrogens with one attached hydrogen (secondary N) is 2. The fraction of sp³-hybridized carbons (Fsp3) is 0.364. The Bertz CT molecular complexity index is 384. The zero-order chi connectivity index (χ0) is 12.1. The van der Waals surface area contributed by atoms with Crippen LogP contribution < -0.4 is 10.6 Å². The maximum atomic E-state index is 11.5. The summed E-state index contributed by atoms with van der Waals surface area (Å²) in [7, 11) is 0. The zero-order valence-corrected chi connectivity index (χ0v) is 11.5. The van der Waals surface area contributed by atoms with Gasteiger partial charge in [-0.3, -0.25) is 4.79 Å². The van der Waals surface area contributed by atoms with Crippen LogP contribution in [0.2, 0.25) is 5.02 Å². The first kappa shape index (κ1) is 13.3. The molecule has 2 N–H and O–H groups in total. The van der Waals surface area contributed by atoms with Crippen molar-refractivity contribution in [3.63, 3.8) is 0 Å². The van der Waals surface area contributed by atoms with E-state index in [4.69, 9.17) is 11.6 Å². The first-order valence-corrected chi connectivity index (χ1v) is 6.21. The number of anilines is 1. The standard InChI is InChI=1S/C11H14BrClN2O/c1-3-14-11(16)7(2)15-10-6-8(13)4-5-9(10)12/h4-7,15H,3H2,1-2H3,(H,14,16). The molecule has 0 bridgehead atoms. The van der Waals surface area contributed by atoms with E-state index < -0.39 is 0 Å². The van der Waals surface area contributed by atoms with Gasteiger partial charge in [0.25, 0.3) is 0 Å². The van der Waals surface area contributed by atoms with Crippen molar-refractivity contribution in [3.05, 3.63) is 27.7 Å². The Balaban J connectivity index is 2.72. The Hall–Kier alpha value is -0.740. The molecule has 1 unspecified atom stereocenters. The molecule has 1 amide bonds. The van der Waals surface area contributed by atoms with Crippen molar-refractivity contribution in [2.24, 2.45) is 0 Å². The number of carbonyl (C=O) groups is 1. The topological polar surface area (TPSA) is 41.1 Å². The molecule has 0 heterocycles. The van der Waals surface area contributed by atoms with Crippen LogP contribution in [-0.2, 0) is 4.79 Å². The Morgan fingerprint density at radius 2 is 2.25 bits per heavy atom. The molecule has 0 radical (unpaired) electrons. The molecule has 1 atom stereocenters. The summed E-state index contributed by atoms with van der Waals surface area (Å²) < 4.78 is 0.882. The molecule has 1 aromatic carbocycles. The summed E-state index contributed by atoms with van der Waals surface area (Å²) in [4.78, 5) is 11.5. The van der Waals surface area contributed by atoms with Gasteiger partial charge in [0.05, 0.1) is 5.69 Å². The third-order valence-corrected chi connectivity index (χ3v) is 2.97. The number of hydrogen-bond donors (Lipinski definition) is 2. The minimum Gasteiger partial charge on any atom is -0.373 e. The molecule has 0 aliphatic rings. The molecule has 0 fully saturated rings. The van der Waals surface area contributed by atoms with E-state index >= 15 is 0 Å². The van der Waals surface area contributed by atoms with Crippen LogP contribution in [0, 0.1) is 0 Å². The number of likely N-dealkylation sites (N-methyl/N-ethyl adjacent to an activating group) is 1. The highest BCUT2D eigenvalue weighted by Crippen LogP contribution is 2.26. The smallest absolute Gasteiger partial charge is 0.242 e. The van der Waals surface area contributed by atoms with Crippen molar-refractivity contribution in [2.75, 3.05) is 11.9 Å². The summed E-state index contributed by atoms with van der Waals surface area (Å²) in [6.45, 7) is 4.32. The first-order chi connectivity index (χ1) is 7.54. The molecule has 0 saturated heterocycles. The molecule has 0 aliphatic heterocycles. The lowest BCUT2D eigenvalue weighted by Gasteiger charge is -2.15. The van der Waals surface area contributed by atoms with E-state index in [-0.39, 0.29) is 11.9 Å². The minimum absolute atomic E-state index is 0.0330. The summed E-state index contributed by atoms with van der Waals surface area (Å²) in [6.07, 6.45) is 0. The normalized spacial score (nSPS) is 12.0. The van der Waals surface area contributed by atoms with Crippen LogP contribution in [-0.4, -0.2) is 18.5 Å². The molecule has 0 spiro atoms. The van der Waals surface area contributed by atoms with E-state index in [1.165, 1.54) is 0 Å². The van der Waals surface area contributed by atoms with E-state index in [9.17, 15) is 4.79 Å². The second-order valence-corrected chi connectivity index (χ2v) is 4.68. The number of amides is 1. The predicted octanol–water partition coefficient (Wildman–Crippen LogP) is 3.04. The fourth-order valence-electron chi connectivity index (χ4n) is 1.23. The number of carbonyl (C=O) groups excluding carboxylic acids is 1. The monoisotopic (exact) mass is 304 g/mol. The van der Waals surface area contributed by atoms with E-state index in [2.05, 4.69) is 26.6 Å². The average molecular weight is 306 g/mol. The average Bonchev–Trinajstić information content (AvgIpc) is 2.23. The molecule has 5 heteroatoms. The summed E-state index contributed by atoms with van der Waals surface area (Å²) >= 11 is 9.27. The van der Waals surface area contributed by atoms with Crippen LogP contribution in [0.15, 0.2) is 22.7 Å². The summed E-state index contributed by atoms with van der Waals surface area (Å²) in [5.74, 6) is -0.0330. The van der Waals surface area contributed by atoms with Gasteiger partial charge < -0.3 is 10.6 Å². The fourth-order valence-corrected chi connectivity index (χ4v) is 1.77. The van der Waals surface area contributed by atoms with Gasteiger partial charge in [0.15, 0.2) is 0 Å². The maximum absolute atomic E-state index is 11.5. The summed E-state index contributed by atoms with van der Waals surface area (Å²) in [6, 6.07) is 5.11. The van der Waals surface area contributed by atoms with E-state index in [1.807, 2.05) is 13.0 Å². The second-order valence-electron chi connectivity index (χ2n) is 3.38. The Labute approximate surface area is 109 Å². The van der Waals surface area contributed by atoms with E-state index in [0.717, 1.165) is 10.2 Å². The van der Waals surface area contributed by atoms with Gasteiger partial charge in [-0.1, -0.05) is 11.6 Å². The van der Waals surface area contributed by atoms with Crippen LogP contribution >= 0.6 is 27.5 Å². The number of rotatable bonds is 4. The van der Waals surface area contributed by atoms with Gasteiger partial charge in [-0.2, -0.15) is 0 Å². The molecule has 1 aromatic rings. The van der Waals surface area contributed by atoms with Crippen LogP contribution in [0.1, 0.15) is 13.8 Å². The minimum atomic E-state index is -0.297. The van der Waals surface area contributed by atoms with Crippen molar-refractivity contribution in [2.45, 2.75) is 19.9 Å². The SMILES string of the molecule is CCNC(=O)C(C)Nc1cc(Cl)ccc1Br. The van der Waals surface area contributed by atoms with Crippen LogP contribution in [0.25, 0.3) is 0 Å². The number of hydrogen-bond acceptors (Lipinski definition) is 2. The van der Waals surface area contributed by atoms with Gasteiger partial charge in [-0.05, 0) is 48.0 Å². The highest BCUT2D eigenvalue weighted by Gasteiger charge is 2.12. The van der Waals surface area contributed by atoms with Crippen molar-refractivity contribution < 1.29 is 4.79 Å². The lowest BCUT2D eigenvalue weighted by atomic mass is 10.2. The van der Waals surface area contributed by atoms with Gasteiger partial charge in [-0.25, -0.2) is 0 Å². The molecule has 1 rings (SSSR count). The molecule has 3 nitrogen and oxygen atoms in total. The molecule has 16 heavy (non-hydrogen) atoms. The van der Waals surface area contributed by atoms with Gasteiger partial charge in [0, 0.05) is 16.0 Å². The molecular weight excluding hydrogens is 291 g/mol. The summed E-state index contributed by atoms with van der Waals surface area (Å²) in [5.41, 5.74) is 0.811. The third kappa shape index (κ3) is 3.68. The number of halogens is 2. The van der Waals surface area contributed by atoms with Crippen LogP contribution in [0.5, 0.6) is 0 Å². The maximum Gasteiger partial charge on any atom is 0.242 e. The summed E-state index contributed by atoms with van der Waals surface area (Å²) in [5, 5.41) is 6.48. The molecule has 0 aliphatic carbocycles. The Morgan fingerprint density at radius 1 is 1.56 bits per heavy atom. The van der Waals surface area contributed by atoms with Crippen LogP contribution in [0.4, 0.5) is 5.69 Å². The lowest BCUT2D eigenvalue weighted by molar-refractivity contribution is -0.121. The highest BCUT2D eigenvalue weighted by molar-refractivity contribution is 9.10. The van der Waals surface area contributed by atoms with Gasteiger partial charge in [0.1, 0.15) is 6.04 Å². The molecule has 0 saturated carbocycles. The number of benzene rings is 1. The molecular formula is C11H14BrClN2O. The predicted molar refractivity (Wildman–Crippen MR) is 70.9 cm³/mol. The molecule has 0 aromatic heterocycles. The van der Waals surface area contributed by atoms with E-state index in [0.29, 0.717) is 11.6 Å². The first-order valence-electron chi connectivity index (χ1n) is 5.04. The Morgan fingerprint density at radius 3 is 2.88 bits per heavy atom. The third-order valence-electron chi connectivity index (χ3n) is 2.04. The second kappa shape index (κ2) is 6.11. The van der Waals surface area contributed by atoms with Gasteiger partial charge in [0.2, 0.25) is 5.91 Å². The molecule has 88 valence electrons. The largest absolute Gasteiger partial charge is 0.373 e. The Kier molecular flexibility index (Phi) is 5.09. The van der Waals surface area contributed by atoms with E-state index in [1.54, 1.807) is 19.1 Å². The van der Waals surface area contributed by atoms with Gasteiger partial charge >= 0.3 is 0 Å². The lowest BCUT2D eigenvalue weighted by Crippen LogP contribution is -2.37. The van der Waals surface area contributed by atoms with Gasteiger partial charge in [-0.15, -0.1) is 0 Å². The van der Waals surface area contributed by atoms with Crippen molar-refractivity contribution in [1.82, 2.24) is 5.32 Å².